The van der Waals surface area contributed by atoms with Gasteiger partial charge in [-0.1, -0.05) is 25.1 Å². The van der Waals surface area contributed by atoms with Crippen LogP contribution in [-0.4, -0.2) is 37.4 Å². The number of carbonyl (C=O) groups is 3. The number of anilines is 1. The zero-order chi connectivity index (χ0) is 19.6. The number of para-hydroxylation sites is 1. The Kier molecular flexibility index (Phi) is 9.70. The SMILES string of the molecule is CCCNC(=O)c1cccc(C(=O)Nc2ccccc2C(=O)NCCN)c1.Cl. The summed E-state index contributed by atoms with van der Waals surface area (Å²) >= 11 is 0. The van der Waals surface area contributed by atoms with Crippen LogP contribution in [0, 0.1) is 0 Å². The molecule has 0 aromatic heterocycles. The largest absolute Gasteiger partial charge is 0.352 e. The first-order chi connectivity index (χ1) is 13.1. The Bertz CT molecular complexity index is 827. The standard InChI is InChI=1S/C20H24N4O3.ClH/c1-2-11-22-18(25)14-6-5-7-15(13-14)19(26)24-17-9-4-3-8-16(17)20(27)23-12-10-21;/h3-9,13H,2,10-12,21H2,1H3,(H,22,25)(H,23,27)(H,24,26);1H. The van der Waals surface area contributed by atoms with Crippen molar-refractivity contribution in [3.63, 3.8) is 0 Å². The molecule has 0 atom stereocenters. The lowest BCUT2D eigenvalue weighted by Gasteiger charge is -2.12. The van der Waals surface area contributed by atoms with E-state index in [1.54, 1.807) is 42.5 Å². The maximum absolute atomic E-state index is 12.6. The summed E-state index contributed by atoms with van der Waals surface area (Å²) in [6.45, 7) is 3.20. The number of halogens is 1. The van der Waals surface area contributed by atoms with Gasteiger partial charge in [-0.25, -0.2) is 0 Å². The molecule has 5 N–H and O–H groups in total. The molecule has 2 aromatic rings. The van der Waals surface area contributed by atoms with Crippen molar-refractivity contribution in [3.05, 3.63) is 65.2 Å². The first-order valence-corrected chi connectivity index (χ1v) is 8.83. The summed E-state index contributed by atoms with van der Waals surface area (Å²) in [6, 6.07) is 13.1. The monoisotopic (exact) mass is 404 g/mol. The second-order valence-corrected chi connectivity index (χ2v) is 5.88. The normalized spacial score (nSPS) is 9.79. The van der Waals surface area contributed by atoms with E-state index in [2.05, 4.69) is 16.0 Å². The summed E-state index contributed by atoms with van der Waals surface area (Å²) in [6.07, 6.45) is 0.828. The summed E-state index contributed by atoms with van der Waals surface area (Å²) in [4.78, 5) is 36.9. The first-order valence-electron chi connectivity index (χ1n) is 8.83. The van der Waals surface area contributed by atoms with Crippen LogP contribution >= 0.6 is 12.4 Å². The van der Waals surface area contributed by atoms with Crippen LogP contribution in [0.15, 0.2) is 48.5 Å². The predicted octanol–water partition coefficient (Wildman–Crippen LogP) is 2.19. The van der Waals surface area contributed by atoms with E-state index in [-0.39, 0.29) is 24.2 Å². The fourth-order valence-corrected chi connectivity index (χ4v) is 2.41. The Morgan fingerprint density at radius 1 is 0.857 bits per heavy atom. The van der Waals surface area contributed by atoms with Gasteiger partial charge in [0.05, 0.1) is 11.3 Å². The smallest absolute Gasteiger partial charge is 0.255 e. The first kappa shape index (κ1) is 23.1. The van der Waals surface area contributed by atoms with Crippen LogP contribution in [0.25, 0.3) is 0 Å². The molecule has 7 nitrogen and oxygen atoms in total. The molecule has 0 aliphatic rings. The van der Waals surface area contributed by atoms with Gasteiger partial charge in [0.2, 0.25) is 0 Å². The van der Waals surface area contributed by atoms with Crippen molar-refractivity contribution >= 4 is 35.8 Å². The lowest BCUT2D eigenvalue weighted by molar-refractivity contribution is 0.0946. The fraction of sp³-hybridized carbons (Fsp3) is 0.250. The number of carbonyl (C=O) groups excluding carboxylic acids is 3. The van der Waals surface area contributed by atoms with Gasteiger partial charge in [0.25, 0.3) is 17.7 Å². The van der Waals surface area contributed by atoms with Crippen LogP contribution in [0.1, 0.15) is 44.4 Å². The number of nitrogens with one attached hydrogen (secondary N) is 3. The summed E-state index contributed by atoms with van der Waals surface area (Å²) in [5.74, 6) is -0.948. The summed E-state index contributed by atoms with van der Waals surface area (Å²) in [7, 11) is 0. The minimum Gasteiger partial charge on any atom is -0.352 e. The minimum atomic E-state index is -0.404. The van der Waals surface area contributed by atoms with Crippen LogP contribution in [0.4, 0.5) is 5.69 Å². The quantitative estimate of drug-likeness (QED) is 0.540. The average Bonchev–Trinajstić information content (AvgIpc) is 2.70. The number of hydrogen-bond donors (Lipinski definition) is 4. The van der Waals surface area contributed by atoms with E-state index < -0.39 is 5.91 Å². The summed E-state index contributed by atoms with van der Waals surface area (Å²) in [5, 5.41) is 8.18. The lowest BCUT2D eigenvalue weighted by Crippen LogP contribution is -2.30. The molecule has 0 aliphatic heterocycles. The van der Waals surface area contributed by atoms with Crippen LogP contribution in [0.2, 0.25) is 0 Å². The summed E-state index contributed by atoms with van der Waals surface area (Å²) in [5.41, 5.74) is 6.87. The zero-order valence-electron chi connectivity index (χ0n) is 15.7. The van der Waals surface area contributed by atoms with Gasteiger partial charge in [-0.2, -0.15) is 0 Å². The van der Waals surface area contributed by atoms with Crippen molar-refractivity contribution in [2.75, 3.05) is 25.0 Å². The zero-order valence-corrected chi connectivity index (χ0v) is 16.5. The van der Waals surface area contributed by atoms with Gasteiger partial charge in [0, 0.05) is 30.8 Å². The highest BCUT2D eigenvalue weighted by Gasteiger charge is 2.15. The molecule has 0 fully saturated rings. The third-order valence-electron chi connectivity index (χ3n) is 3.77. The highest BCUT2D eigenvalue weighted by Crippen LogP contribution is 2.17. The Morgan fingerprint density at radius 2 is 1.50 bits per heavy atom. The van der Waals surface area contributed by atoms with Gasteiger partial charge in [0.15, 0.2) is 0 Å². The molecule has 2 aromatic carbocycles. The molecule has 150 valence electrons. The number of benzene rings is 2. The summed E-state index contributed by atoms with van der Waals surface area (Å²) < 4.78 is 0. The number of hydrogen-bond acceptors (Lipinski definition) is 4. The Labute approximate surface area is 170 Å². The molecule has 8 heteroatoms. The van der Waals surface area contributed by atoms with Gasteiger partial charge in [0.1, 0.15) is 0 Å². The molecular weight excluding hydrogens is 380 g/mol. The van der Waals surface area contributed by atoms with E-state index in [0.29, 0.717) is 42.0 Å². The van der Waals surface area contributed by atoms with Gasteiger partial charge in [-0.3, -0.25) is 14.4 Å². The minimum absolute atomic E-state index is 0. The van der Waals surface area contributed by atoms with Crippen molar-refractivity contribution in [2.24, 2.45) is 5.73 Å². The van der Waals surface area contributed by atoms with Crippen LogP contribution < -0.4 is 21.7 Å². The van der Waals surface area contributed by atoms with E-state index in [1.165, 1.54) is 6.07 Å². The molecule has 0 saturated carbocycles. The van der Waals surface area contributed by atoms with Crippen molar-refractivity contribution in [2.45, 2.75) is 13.3 Å². The van der Waals surface area contributed by atoms with E-state index in [1.807, 2.05) is 6.92 Å². The highest BCUT2D eigenvalue weighted by atomic mass is 35.5. The Balaban J connectivity index is 0.00000392. The topological polar surface area (TPSA) is 113 Å². The lowest BCUT2D eigenvalue weighted by atomic mass is 10.1. The number of amides is 3. The van der Waals surface area contributed by atoms with E-state index in [0.717, 1.165) is 6.42 Å². The van der Waals surface area contributed by atoms with Crippen LogP contribution in [0.3, 0.4) is 0 Å². The average molecular weight is 405 g/mol. The molecule has 0 heterocycles. The molecule has 28 heavy (non-hydrogen) atoms. The van der Waals surface area contributed by atoms with Gasteiger partial charge < -0.3 is 21.7 Å². The molecule has 0 bridgehead atoms. The maximum atomic E-state index is 12.6. The molecule has 0 spiro atoms. The third-order valence-corrected chi connectivity index (χ3v) is 3.77. The van der Waals surface area contributed by atoms with Crippen LogP contribution in [0.5, 0.6) is 0 Å². The molecule has 3 amide bonds. The van der Waals surface area contributed by atoms with Crippen molar-refractivity contribution in [1.82, 2.24) is 10.6 Å². The van der Waals surface area contributed by atoms with Crippen molar-refractivity contribution in [1.29, 1.82) is 0 Å². The predicted molar refractivity (Wildman–Crippen MR) is 112 cm³/mol. The van der Waals surface area contributed by atoms with Crippen LogP contribution in [-0.2, 0) is 0 Å². The Hall–Kier alpha value is -2.90. The van der Waals surface area contributed by atoms with Crippen molar-refractivity contribution < 1.29 is 14.4 Å². The Morgan fingerprint density at radius 3 is 2.18 bits per heavy atom. The van der Waals surface area contributed by atoms with E-state index >= 15 is 0 Å². The third kappa shape index (κ3) is 6.37. The molecular formula is C20H25ClN4O3. The van der Waals surface area contributed by atoms with E-state index in [4.69, 9.17) is 5.73 Å². The fourth-order valence-electron chi connectivity index (χ4n) is 2.41. The van der Waals surface area contributed by atoms with Gasteiger partial charge in [-0.05, 0) is 36.8 Å². The number of rotatable bonds is 8. The molecule has 0 saturated heterocycles. The second-order valence-electron chi connectivity index (χ2n) is 5.88. The number of nitrogens with two attached hydrogens (primary N) is 1. The molecule has 0 aliphatic carbocycles. The molecule has 0 unspecified atom stereocenters. The van der Waals surface area contributed by atoms with Crippen molar-refractivity contribution in [3.8, 4) is 0 Å². The van der Waals surface area contributed by atoms with Gasteiger partial charge >= 0.3 is 0 Å². The maximum Gasteiger partial charge on any atom is 0.255 e. The second kappa shape index (κ2) is 11.7. The highest BCUT2D eigenvalue weighted by molar-refractivity contribution is 6.09. The molecule has 2 rings (SSSR count). The van der Waals surface area contributed by atoms with E-state index in [9.17, 15) is 14.4 Å². The van der Waals surface area contributed by atoms with Gasteiger partial charge in [-0.15, -0.1) is 12.4 Å². The molecule has 0 radical (unpaired) electrons.